The Morgan fingerprint density at radius 3 is 1.69 bits per heavy atom. The zero-order chi connectivity index (χ0) is 10.4. The zero-order valence-electron chi connectivity index (χ0n) is 6.48. The van der Waals surface area contributed by atoms with Gasteiger partial charge in [-0.2, -0.15) is 19.0 Å². The van der Waals surface area contributed by atoms with Gasteiger partial charge < -0.3 is 0 Å². The normalized spacial score (nSPS) is 8.31. The molecule has 1 heterocycles. The molecule has 0 unspecified atom stereocenters. The van der Waals surface area contributed by atoms with Gasteiger partial charge in [0.25, 0.3) is 11.9 Å². The Labute approximate surface area is 71.4 Å². The molecule has 13 heavy (non-hydrogen) atoms. The van der Waals surface area contributed by atoms with Gasteiger partial charge in [-0.3, -0.25) is 0 Å². The third kappa shape index (κ3) is 3.51. The van der Waals surface area contributed by atoms with Crippen LogP contribution in [0, 0.1) is 34.9 Å². The third-order valence-corrected chi connectivity index (χ3v) is 0.844. The minimum absolute atomic E-state index is 0.0949. The average molecular weight is 192 g/mol. The van der Waals surface area contributed by atoms with Crippen molar-refractivity contribution in [3.8, 4) is 6.07 Å². The maximum absolute atomic E-state index is 11.9. The fourth-order valence-corrected chi connectivity index (χ4v) is 0.423. The number of rotatable bonds is 0. The number of nitrogens with zero attached hydrogens (tertiary/aromatic N) is 2. The first-order valence-corrected chi connectivity index (χ1v) is 3.00. The van der Waals surface area contributed by atoms with E-state index in [0.29, 0.717) is 0 Å². The lowest BCUT2D eigenvalue weighted by molar-refractivity contribution is 0.407. The summed E-state index contributed by atoms with van der Waals surface area (Å²) in [5, 5.41) is 7.32. The molecule has 0 bridgehead atoms. The molecule has 0 saturated carbocycles. The van der Waals surface area contributed by atoms with E-state index >= 15 is 0 Å². The predicted molar refractivity (Wildman–Crippen MR) is 35.4 cm³/mol. The fraction of sp³-hybridized carbons (Fsp3) is 0.143. The van der Waals surface area contributed by atoms with Gasteiger partial charge in [0.2, 0.25) is 0 Å². The van der Waals surface area contributed by atoms with Crippen molar-refractivity contribution in [2.45, 2.75) is 6.92 Å². The van der Waals surface area contributed by atoms with E-state index < -0.39 is 23.5 Å². The molecule has 0 aliphatic carbocycles. The Morgan fingerprint density at radius 1 is 1.15 bits per heavy atom. The van der Waals surface area contributed by atoms with Crippen LogP contribution in [0.25, 0.3) is 0 Å². The predicted octanol–water partition coefficient (Wildman–Crippen LogP) is 2.17. The first-order valence-electron chi connectivity index (χ1n) is 3.00. The van der Waals surface area contributed by atoms with Crippen LogP contribution in [0.15, 0.2) is 6.07 Å². The van der Waals surface area contributed by atoms with E-state index in [1.54, 1.807) is 6.07 Å². The quantitative estimate of drug-likeness (QED) is 0.466. The van der Waals surface area contributed by atoms with Gasteiger partial charge in [-0.05, 0) is 0 Å². The highest BCUT2D eigenvalue weighted by molar-refractivity contribution is 5.00. The van der Waals surface area contributed by atoms with Crippen molar-refractivity contribution >= 4 is 0 Å². The zero-order valence-corrected chi connectivity index (χ0v) is 6.48. The SMILES string of the molecule is CC#N.Fc1cc(F)c(F)nc1F. The number of nitriles is 1. The van der Waals surface area contributed by atoms with E-state index in [-0.39, 0.29) is 6.07 Å². The second-order valence-electron chi connectivity index (χ2n) is 1.76. The van der Waals surface area contributed by atoms with Crippen LogP contribution in [0.4, 0.5) is 17.6 Å². The summed E-state index contributed by atoms with van der Waals surface area (Å²) in [7, 11) is 0. The maximum Gasteiger partial charge on any atom is 0.251 e. The van der Waals surface area contributed by atoms with Gasteiger partial charge in [0.05, 0.1) is 6.07 Å². The topological polar surface area (TPSA) is 36.7 Å². The van der Waals surface area contributed by atoms with Crippen LogP contribution in [-0.4, -0.2) is 4.98 Å². The lowest BCUT2D eigenvalue weighted by atomic mass is 10.4. The molecule has 0 aromatic carbocycles. The molecule has 0 atom stereocenters. The second kappa shape index (κ2) is 5.09. The van der Waals surface area contributed by atoms with Crippen LogP contribution in [0.5, 0.6) is 0 Å². The molecule has 2 nitrogen and oxygen atoms in total. The van der Waals surface area contributed by atoms with Gasteiger partial charge in [-0.1, -0.05) is 0 Å². The molecule has 0 amide bonds. The Kier molecular flexibility index (Phi) is 4.44. The van der Waals surface area contributed by atoms with Gasteiger partial charge >= 0.3 is 0 Å². The summed E-state index contributed by atoms with van der Waals surface area (Å²) in [4.78, 5) is 2.29. The van der Waals surface area contributed by atoms with Crippen LogP contribution >= 0.6 is 0 Å². The molecule has 70 valence electrons. The highest BCUT2D eigenvalue weighted by Crippen LogP contribution is 2.07. The highest BCUT2D eigenvalue weighted by atomic mass is 19.2. The molecule has 6 heteroatoms. The molecular formula is C7H4F4N2. The standard InChI is InChI=1S/C5HF4N.C2H3N/c6-2-1-3(7)5(9)10-4(2)8;1-2-3/h1H;1H3. The van der Waals surface area contributed by atoms with Gasteiger partial charge in [-0.25, -0.2) is 8.78 Å². The minimum Gasteiger partial charge on any atom is -0.202 e. The molecule has 0 spiro atoms. The summed E-state index contributed by atoms with van der Waals surface area (Å²) < 4.78 is 47.6. The van der Waals surface area contributed by atoms with E-state index in [4.69, 9.17) is 5.26 Å². The van der Waals surface area contributed by atoms with Gasteiger partial charge in [0, 0.05) is 13.0 Å². The number of aromatic nitrogens is 1. The van der Waals surface area contributed by atoms with Crippen LogP contribution in [0.1, 0.15) is 6.92 Å². The Balaban J connectivity index is 0.000000424. The lowest BCUT2D eigenvalue weighted by Crippen LogP contribution is -1.96. The second-order valence-corrected chi connectivity index (χ2v) is 1.76. The largest absolute Gasteiger partial charge is 0.251 e. The van der Waals surface area contributed by atoms with E-state index in [0.717, 1.165) is 0 Å². The van der Waals surface area contributed by atoms with Crippen LogP contribution in [0.2, 0.25) is 0 Å². The van der Waals surface area contributed by atoms with Gasteiger partial charge in [0.1, 0.15) is 0 Å². The molecule has 0 fully saturated rings. The Hall–Kier alpha value is -1.64. The number of hydrogen-bond acceptors (Lipinski definition) is 2. The monoisotopic (exact) mass is 192 g/mol. The summed E-state index contributed by atoms with van der Waals surface area (Å²) in [6.45, 7) is 1.43. The lowest BCUT2D eigenvalue weighted by Gasteiger charge is -1.91. The molecule has 0 N–H and O–H groups in total. The Bertz CT molecular complexity index is 282. The van der Waals surface area contributed by atoms with E-state index in [1.807, 2.05) is 0 Å². The highest BCUT2D eigenvalue weighted by Gasteiger charge is 2.09. The molecular weight excluding hydrogens is 188 g/mol. The number of hydrogen-bond donors (Lipinski definition) is 0. The fourth-order valence-electron chi connectivity index (χ4n) is 0.423. The molecule has 0 saturated heterocycles. The maximum atomic E-state index is 11.9. The summed E-state index contributed by atoms with van der Waals surface area (Å²) in [6, 6.07) is 1.84. The number of pyridine rings is 1. The summed E-state index contributed by atoms with van der Waals surface area (Å²) in [5.74, 6) is -6.28. The van der Waals surface area contributed by atoms with Crippen molar-refractivity contribution in [2.24, 2.45) is 0 Å². The van der Waals surface area contributed by atoms with Crippen molar-refractivity contribution < 1.29 is 17.6 Å². The summed E-state index contributed by atoms with van der Waals surface area (Å²) in [6.07, 6.45) is 0. The Morgan fingerprint density at radius 2 is 1.46 bits per heavy atom. The molecule has 1 aromatic heterocycles. The van der Waals surface area contributed by atoms with Crippen LogP contribution < -0.4 is 0 Å². The van der Waals surface area contributed by atoms with Gasteiger partial charge in [0.15, 0.2) is 11.6 Å². The van der Waals surface area contributed by atoms with Crippen LogP contribution in [0.3, 0.4) is 0 Å². The smallest absolute Gasteiger partial charge is 0.202 e. The van der Waals surface area contributed by atoms with E-state index in [9.17, 15) is 17.6 Å². The first kappa shape index (κ1) is 11.4. The number of halogens is 4. The minimum atomic E-state index is -1.64. The summed E-state index contributed by atoms with van der Waals surface area (Å²) in [5.41, 5.74) is 0. The van der Waals surface area contributed by atoms with E-state index in [1.165, 1.54) is 6.92 Å². The molecule has 0 aliphatic rings. The first-order chi connectivity index (χ1) is 6.02. The molecule has 0 radical (unpaired) electrons. The van der Waals surface area contributed by atoms with Crippen molar-refractivity contribution in [3.05, 3.63) is 29.6 Å². The average Bonchev–Trinajstić information content (AvgIpc) is 2.03. The third-order valence-electron chi connectivity index (χ3n) is 0.844. The van der Waals surface area contributed by atoms with Crippen molar-refractivity contribution in [3.63, 3.8) is 0 Å². The summed E-state index contributed by atoms with van der Waals surface area (Å²) >= 11 is 0. The van der Waals surface area contributed by atoms with Crippen LogP contribution in [-0.2, 0) is 0 Å². The molecule has 0 aliphatic heterocycles. The van der Waals surface area contributed by atoms with Crippen molar-refractivity contribution in [1.29, 1.82) is 5.26 Å². The van der Waals surface area contributed by atoms with Crippen molar-refractivity contribution in [2.75, 3.05) is 0 Å². The van der Waals surface area contributed by atoms with E-state index in [2.05, 4.69) is 4.98 Å². The van der Waals surface area contributed by atoms with Crippen molar-refractivity contribution in [1.82, 2.24) is 4.98 Å². The van der Waals surface area contributed by atoms with Gasteiger partial charge in [-0.15, -0.1) is 0 Å². The molecule has 1 rings (SSSR count). The molecule has 1 aromatic rings.